The van der Waals surface area contributed by atoms with Crippen LogP contribution in [-0.4, -0.2) is 65.2 Å². The van der Waals surface area contributed by atoms with Crippen LogP contribution in [0.1, 0.15) is 64.6 Å². The highest BCUT2D eigenvalue weighted by Gasteiger charge is 2.26. The molecule has 0 aliphatic carbocycles. The van der Waals surface area contributed by atoms with E-state index in [-0.39, 0.29) is 10.5 Å². The van der Waals surface area contributed by atoms with Crippen molar-refractivity contribution in [3.05, 3.63) is 113 Å². The number of methoxy groups -OCH3 is 3. The van der Waals surface area contributed by atoms with Crippen LogP contribution in [-0.2, 0) is 19.1 Å². The number of carbonyl (C=O) groups excluding carboxylic acids is 2. The van der Waals surface area contributed by atoms with E-state index in [1.807, 2.05) is 13.0 Å². The zero-order valence-electron chi connectivity index (χ0n) is 37.4. The standard InChI is InChI=1S/C18H21Br2ClO5.C14H11Br2ClO4.C14H12Br2O4/c1-10-15(14(20)9-25-7-6-24-5-4-21)12-8-13(19)17(23-3)11(2)16(12)26-18(10)22;1-5-9(10(16)13(17)18)7-4-8(15)12(20-3)6(2)11(7)21-14(5)19;1-6-11(10(16)5-17)8-4-9(15)13(19-3)7(2)12(8)20-14(6)18/h8,14H,4-7,9H2,1-3H3;4,10H,1-3H3;4-5,10H,1-3H3. The van der Waals surface area contributed by atoms with E-state index in [4.69, 9.17) is 60.1 Å². The summed E-state index contributed by atoms with van der Waals surface area (Å²) in [6, 6.07) is 5.45. The lowest BCUT2D eigenvalue weighted by atomic mass is 10.0. The maximum absolute atomic E-state index is 12.3. The molecule has 3 aromatic carbocycles. The molecule has 0 aliphatic rings. The van der Waals surface area contributed by atoms with Gasteiger partial charge in [-0.25, -0.2) is 14.4 Å². The summed E-state index contributed by atoms with van der Waals surface area (Å²) in [7, 11) is 4.66. The van der Waals surface area contributed by atoms with E-state index in [9.17, 15) is 24.0 Å². The first-order chi connectivity index (χ1) is 31.6. The van der Waals surface area contributed by atoms with Gasteiger partial charge in [0.1, 0.15) is 45.1 Å². The first kappa shape index (κ1) is 57.0. The molecule has 0 radical (unpaired) electrons. The van der Waals surface area contributed by atoms with Gasteiger partial charge in [0, 0.05) is 55.4 Å². The number of halogens is 8. The van der Waals surface area contributed by atoms with Crippen molar-refractivity contribution in [3.63, 3.8) is 0 Å². The van der Waals surface area contributed by atoms with Gasteiger partial charge in [0.2, 0.25) is 5.24 Å². The van der Waals surface area contributed by atoms with Gasteiger partial charge in [0.25, 0.3) is 0 Å². The number of benzene rings is 3. The normalized spacial score (nSPS) is 12.5. The Balaban J connectivity index is 0.000000222. The predicted octanol–water partition coefficient (Wildman–Crippen LogP) is 13.1. The highest BCUT2D eigenvalue weighted by atomic mass is 79.9. The molecule has 3 aromatic heterocycles. The first-order valence-electron chi connectivity index (χ1n) is 19.8. The minimum absolute atomic E-state index is 0.165. The van der Waals surface area contributed by atoms with Crippen LogP contribution >= 0.6 is 119 Å². The molecule has 0 N–H and O–H groups in total. The fourth-order valence-electron chi connectivity index (χ4n) is 7.23. The van der Waals surface area contributed by atoms with Gasteiger partial charge in [0.15, 0.2) is 0 Å². The Labute approximate surface area is 445 Å². The molecule has 0 amide bonds. The van der Waals surface area contributed by atoms with Crippen LogP contribution in [0.25, 0.3) is 32.9 Å². The molecule has 3 heterocycles. The van der Waals surface area contributed by atoms with Crippen molar-refractivity contribution in [2.75, 3.05) is 53.6 Å². The minimum atomic E-state index is -0.787. The topological polar surface area (TPSA) is 171 Å². The first-order valence-corrected chi connectivity index (χ1v) is 25.9. The van der Waals surface area contributed by atoms with Crippen molar-refractivity contribution in [1.29, 1.82) is 0 Å². The zero-order chi connectivity index (χ0) is 50.2. The molecule has 0 spiro atoms. The smallest absolute Gasteiger partial charge is 0.339 e. The Kier molecular flexibility index (Phi) is 21.7. The fraction of sp³-hybridized carbons (Fsp3) is 0.370. The van der Waals surface area contributed by atoms with Gasteiger partial charge in [-0.3, -0.25) is 4.79 Å². The molecule has 0 saturated heterocycles. The Morgan fingerprint density at radius 3 is 1.33 bits per heavy atom. The predicted molar refractivity (Wildman–Crippen MR) is 283 cm³/mol. The van der Waals surface area contributed by atoms with Gasteiger partial charge >= 0.3 is 16.9 Å². The van der Waals surface area contributed by atoms with Crippen LogP contribution in [0.5, 0.6) is 17.2 Å². The third-order valence-electron chi connectivity index (χ3n) is 10.5. The second kappa shape index (κ2) is 25.5. The van der Waals surface area contributed by atoms with Gasteiger partial charge in [-0.2, -0.15) is 0 Å². The van der Waals surface area contributed by atoms with Crippen molar-refractivity contribution in [3.8, 4) is 17.2 Å². The molecule has 6 aromatic rings. The van der Waals surface area contributed by atoms with Crippen LogP contribution in [0.3, 0.4) is 0 Å². The maximum atomic E-state index is 12.3. The summed E-state index contributed by atoms with van der Waals surface area (Å²) < 4.78 is 45.4. The highest BCUT2D eigenvalue weighted by molar-refractivity contribution is 9.11. The summed E-state index contributed by atoms with van der Waals surface area (Å²) in [6.45, 7) is 12.3. The van der Waals surface area contributed by atoms with Crippen molar-refractivity contribution in [2.24, 2.45) is 0 Å². The molecular weight excluding hydrogens is 1310 g/mol. The molecule has 6 rings (SSSR count). The molecule has 3 atom stereocenters. The second-order valence-corrected chi connectivity index (χ2v) is 20.8. The van der Waals surface area contributed by atoms with E-state index in [2.05, 4.69) is 95.6 Å². The number of rotatable bonds is 15. The molecule has 21 heteroatoms. The Morgan fingerprint density at radius 2 is 0.955 bits per heavy atom. The van der Waals surface area contributed by atoms with Gasteiger partial charge in [-0.15, -0.1) is 11.6 Å². The summed E-state index contributed by atoms with van der Waals surface area (Å²) in [4.78, 5) is 57.4. The van der Waals surface area contributed by atoms with Crippen molar-refractivity contribution >= 4 is 163 Å². The number of carbonyl (C=O) groups is 2. The Bertz CT molecular complexity index is 3010. The average molecular weight is 1360 g/mol. The van der Waals surface area contributed by atoms with Gasteiger partial charge in [-0.05, 0) is 136 Å². The van der Waals surface area contributed by atoms with E-state index >= 15 is 0 Å². The van der Waals surface area contributed by atoms with E-state index in [1.54, 1.807) is 61.0 Å². The van der Waals surface area contributed by atoms with Crippen molar-refractivity contribution in [2.45, 2.75) is 56.0 Å². The lowest BCUT2D eigenvalue weighted by molar-refractivity contribution is -0.111. The number of aldehydes is 1. The number of alkyl halides is 4. The quantitative estimate of drug-likeness (QED) is 0.0313. The monoisotopic (exact) mass is 1350 g/mol. The highest BCUT2D eigenvalue weighted by Crippen LogP contribution is 2.42. The van der Waals surface area contributed by atoms with E-state index in [0.29, 0.717) is 120 Å². The molecule has 3 unspecified atom stereocenters. The third-order valence-corrected chi connectivity index (χ3v) is 15.1. The van der Waals surface area contributed by atoms with Crippen molar-refractivity contribution < 1.29 is 46.5 Å². The molecule has 362 valence electrons. The van der Waals surface area contributed by atoms with Crippen molar-refractivity contribution in [1.82, 2.24) is 0 Å². The molecule has 0 saturated carbocycles. The lowest BCUT2D eigenvalue weighted by Crippen LogP contribution is -2.14. The molecule has 0 aliphatic heterocycles. The van der Waals surface area contributed by atoms with Crippen LogP contribution in [0.15, 0.2) is 59.3 Å². The van der Waals surface area contributed by atoms with E-state index in [0.717, 1.165) is 31.7 Å². The summed E-state index contributed by atoms with van der Waals surface area (Å²) in [5.41, 5.74) is 5.45. The average Bonchev–Trinajstić information content (AvgIpc) is 3.28. The Hall–Kier alpha value is -2.59. The number of hydrogen-bond donors (Lipinski definition) is 0. The second-order valence-electron chi connectivity index (χ2n) is 14.5. The van der Waals surface area contributed by atoms with Gasteiger partial charge in [-0.1, -0.05) is 47.8 Å². The van der Waals surface area contributed by atoms with E-state index in [1.165, 1.54) is 7.11 Å². The molecule has 67 heavy (non-hydrogen) atoms. The number of ether oxygens (including phenoxy) is 5. The van der Waals surface area contributed by atoms with Crippen LogP contribution in [0.2, 0.25) is 0 Å². The largest absolute Gasteiger partial charge is 0.495 e. The van der Waals surface area contributed by atoms with Gasteiger partial charge in [0.05, 0.1) is 70.8 Å². The summed E-state index contributed by atoms with van der Waals surface area (Å²) >= 11 is 31.7. The lowest BCUT2D eigenvalue weighted by Gasteiger charge is -2.18. The zero-order valence-corrected chi connectivity index (χ0v) is 48.4. The number of aryl methyl sites for hydroxylation is 3. The van der Waals surface area contributed by atoms with Crippen LogP contribution in [0.4, 0.5) is 0 Å². The minimum Gasteiger partial charge on any atom is -0.495 e. The van der Waals surface area contributed by atoms with Crippen LogP contribution in [0, 0.1) is 41.5 Å². The molecule has 13 nitrogen and oxygen atoms in total. The summed E-state index contributed by atoms with van der Waals surface area (Å²) in [6.07, 6.45) is 0.745. The number of hydrogen-bond acceptors (Lipinski definition) is 13. The molecule has 0 bridgehead atoms. The molecule has 0 fully saturated rings. The third kappa shape index (κ3) is 12.7. The van der Waals surface area contributed by atoms with Crippen LogP contribution < -0.4 is 31.1 Å². The SMILES string of the molecule is COc1c(Br)cc2c(C(Br)C(=O)Cl)c(C)c(=O)oc2c1C.COc1c(Br)cc2c(C(Br)C=O)c(C)c(=O)oc2c1C.COc1c(Br)cc2c(C(Br)COCCOCCCl)c(C)c(=O)oc2c1C. The van der Waals surface area contributed by atoms with E-state index < -0.39 is 26.1 Å². The fourth-order valence-corrected chi connectivity index (χ4v) is 11.5. The summed E-state index contributed by atoms with van der Waals surface area (Å²) in [5.74, 6) is 2.29. The molecular formula is C46H44Br6Cl2O13. The summed E-state index contributed by atoms with van der Waals surface area (Å²) in [5, 5.41) is 1.58. The van der Waals surface area contributed by atoms with Gasteiger partial charge < -0.3 is 41.7 Å². The Morgan fingerprint density at radius 1 is 0.597 bits per heavy atom. The number of fused-ring (bicyclic) bond motifs is 3. The maximum Gasteiger partial charge on any atom is 0.339 e.